The Hall–Kier alpha value is -1.17. The summed E-state index contributed by atoms with van der Waals surface area (Å²) in [7, 11) is 1.39. The van der Waals surface area contributed by atoms with Crippen molar-refractivity contribution < 1.29 is 24.4 Å². The number of rotatable bonds is 5. The predicted octanol–water partition coefficient (Wildman–Crippen LogP) is 0.611. The minimum atomic E-state index is -1.28. The summed E-state index contributed by atoms with van der Waals surface area (Å²) < 4.78 is 17.9. The Morgan fingerprint density at radius 3 is 2.62 bits per heavy atom. The van der Waals surface area contributed by atoms with E-state index < -0.39 is 18.0 Å². The van der Waals surface area contributed by atoms with Crippen LogP contribution in [0.15, 0.2) is 18.2 Å². The van der Waals surface area contributed by atoms with Crippen molar-refractivity contribution >= 4 is 0 Å². The Morgan fingerprint density at radius 2 is 2.06 bits per heavy atom. The lowest BCUT2D eigenvalue weighted by molar-refractivity contribution is 0.00289. The van der Waals surface area contributed by atoms with Gasteiger partial charge >= 0.3 is 0 Å². The number of aliphatic hydroxyl groups excluding tert-OH is 3. The van der Waals surface area contributed by atoms with Crippen LogP contribution < -0.4 is 4.74 Å². The first kappa shape index (κ1) is 12.9. The second kappa shape index (κ2) is 5.79. The van der Waals surface area contributed by atoms with Crippen LogP contribution in [0.1, 0.15) is 18.1 Å². The van der Waals surface area contributed by atoms with Gasteiger partial charge in [0.15, 0.2) is 0 Å². The van der Waals surface area contributed by atoms with Crippen LogP contribution in [-0.2, 0) is 0 Å². The lowest BCUT2D eigenvalue weighted by Crippen LogP contribution is -2.20. The molecule has 4 nitrogen and oxygen atoms in total. The molecule has 90 valence electrons. The topological polar surface area (TPSA) is 69.9 Å². The molecule has 0 radical (unpaired) electrons. The van der Waals surface area contributed by atoms with Crippen molar-refractivity contribution in [1.82, 2.24) is 0 Å². The van der Waals surface area contributed by atoms with E-state index in [0.29, 0.717) is 5.75 Å². The maximum atomic E-state index is 13.0. The van der Waals surface area contributed by atoms with E-state index >= 15 is 0 Å². The van der Waals surface area contributed by atoms with E-state index in [9.17, 15) is 14.6 Å². The van der Waals surface area contributed by atoms with Crippen LogP contribution in [0.4, 0.5) is 4.39 Å². The zero-order valence-electron chi connectivity index (χ0n) is 8.93. The number of methoxy groups -OCH3 is 1. The summed E-state index contributed by atoms with van der Waals surface area (Å²) in [6.07, 6.45) is -2.42. The fourth-order valence-electron chi connectivity index (χ4n) is 1.43. The molecule has 0 aromatic heterocycles. The van der Waals surface area contributed by atoms with Gasteiger partial charge in [-0.3, -0.25) is 0 Å². The number of benzene rings is 1. The van der Waals surface area contributed by atoms with Crippen molar-refractivity contribution in [1.29, 1.82) is 0 Å². The van der Waals surface area contributed by atoms with Gasteiger partial charge in [0.05, 0.1) is 13.2 Å². The standard InChI is InChI=1S/C11H15FO4/c1-16-10-3-2-7(12)6-8(10)11(15)9(14)4-5-13/h2-3,6,9,11,13-15H,4-5H2,1H3. The van der Waals surface area contributed by atoms with E-state index in [2.05, 4.69) is 0 Å². The molecule has 1 aromatic carbocycles. The van der Waals surface area contributed by atoms with Crippen molar-refractivity contribution in [2.24, 2.45) is 0 Å². The monoisotopic (exact) mass is 230 g/mol. The molecule has 0 saturated carbocycles. The molecule has 2 atom stereocenters. The first-order valence-corrected chi connectivity index (χ1v) is 4.90. The predicted molar refractivity (Wildman–Crippen MR) is 55.6 cm³/mol. The molecule has 1 rings (SSSR count). The van der Waals surface area contributed by atoms with E-state index in [-0.39, 0.29) is 18.6 Å². The zero-order valence-corrected chi connectivity index (χ0v) is 8.93. The molecular weight excluding hydrogens is 215 g/mol. The van der Waals surface area contributed by atoms with Gasteiger partial charge in [-0.15, -0.1) is 0 Å². The number of halogens is 1. The van der Waals surface area contributed by atoms with Crippen LogP contribution >= 0.6 is 0 Å². The average Bonchev–Trinajstić information content (AvgIpc) is 2.28. The van der Waals surface area contributed by atoms with Gasteiger partial charge in [-0.05, 0) is 24.6 Å². The lowest BCUT2D eigenvalue weighted by Gasteiger charge is -2.19. The van der Waals surface area contributed by atoms with Crippen LogP contribution in [0.25, 0.3) is 0 Å². The molecule has 2 unspecified atom stereocenters. The SMILES string of the molecule is COc1ccc(F)cc1C(O)C(O)CCO. The minimum Gasteiger partial charge on any atom is -0.496 e. The first-order chi connectivity index (χ1) is 7.60. The molecule has 0 bridgehead atoms. The zero-order chi connectivity index (χ0) is 12.1. The highest BCUT2D eigenvalue weighted by molar-refractivity contribution is 5.36. The molecule has 5 heteroatoms. The maximum Gasteiger partial charge on any atom is 0.124 e. The summed E-state index contributed by atoms with van der Waals surface area (Å²) >= 11 is 0. The molecule has 0 aliphatic carbocycles. The summed E-state index contributed by atoms with van der Waals surface area (Å²) in [5.74, 6) is -0.225. The summed E-state index contributed by atoms with van der Waals surface area (Å²) in [5, 5.41) is 27.9. The second-order valence-corrected chi connectivity index (χ2v) is 3.41. The van der Waals surface area contributed by atoms with Crippen molar-refractivity contribution in [3.8, 4) is 5.75 Å². The second-order valence-electron chi connectivity index (χ2n) is 3.41. The molecular formula is C11H15FO4. The Bertz CT molecular complexity index is 343. The van der Waals surface area contributed by atoms with Gasteiger partial charge in [0.25, 0.3) is 0 Å². The Balaban J connectivity index is 2.96. The van der Waals surface area contributed by atoms with Gasteiger partial charge in [0.2, 0.25) is 0 Å². The Labute approximate surface area is 92.9 Å². The largest absolute Gasteiger partial charge is 0.496 e. The third-order valence-electron chi connectivity index (χ3n) is 2.30. The first-order valence-electron chi connectivity index (χ1n) is 4.90. The van der Waals surface area contributed by atoms with Crippen LogP contribution in [0.5, 0.6) is 5.75 Å². The average molecular weight is 230 g/mol. The Kier molecular flexibility index (Phi) is 4.67. The van der Waals surface area contributed by atoms with E-state index in [0.717, 1.165) is 6.07 Å². The van der Waals surface area contributed by atoms with Gasteiger partial charge < -0.3 is 20.1 Å². The van der Waals surface area contributed by atoms with Crippen LogP contribution in [-0.4, -0.2) is 35.1 Å². The normalized spacial score (nSPS) is 14.6. The van der Waals surface area contributed by atoms with Gasteiger partial charge in [-0.2, -0.15) is 0 Å². The molecule has 0 heterocycles. The quantitative estimate of drug-likeness (QED) is 0.693. The highest BCUT2D eigenvalue weighted by Gasteiger charge is 2.21. The lowest BCUT2D eigenvalue weighted by atomic mass is 10.0. The molecule has 0 spiro atoms. The van der Waals surface area contributed by atoms with Crippen LogP contribution in [0.3, 0.4) is 0 Å². The number of aliphatic hydroxyl groups is 3. The van der Waals surface area contributed by atoms with Crippen LogP contribution in [0, 0.1) is 5.82 Å². The summed E-state index contributed by atoms with van der Waals surface area (Å²) in [6, 6.07) is 3.68. The van der Waals surface area contributed by atoms with Gasteiger partial charge in [0.1, 0.15) is 17.7 Å². The highest BCUT2D eigenvalue weighted by Crippen LogP contribution is 2.28. The number of ether oxygens (including phenoxy) is 1. The summed E-state index contributed by atoms with van der Waals surface area (Å²) in [4.78, 5) is 0. The van der Waals surface area contributed by atoms with Gasteiger partial charge in [-0.1, -0.05) is 0 Å². The third kappa shape index (κ3) is 2.91. The minimum absolute atomic E-state index is 0.0147. The van der Waals surface area contributed by atoms with Crippen molar-refractivity contribution in [3.63, 3.8) is 0 Å². The molecule has 0 fully saturated rings. The molecule has 1 aromatic rings. The van der Waals surface area contributed by atoms with Crippen molar-refractivity contribution in [2.75, 3.05) is 13.7 Å². The smallest absolute Gasteiger partial charge is 0.124 e. The summed E-state index contributed by atoms with van der Waals surface area (Å²) in [6.45, 7) is -0.254. The summed E-state index contributed by atoms with van der Waals surface area (Å²) in [5.41, 5.74) is 0.170. The van der Waals surface area contributed by atoms with Gasteiger partial charge in [-0.25, -0.2) is 4.39 Å². The fourth-order valence-corrected chi connectivity index (χ4v) is 1.43. The van der Waals surface area contributed by atoms with Gasteiger partial charge in [0, 0.05) is 12.2 Å². The molecule has 3 N–H and O–H groups in total. The Morgan fingerprint density at radius 1 is 1.38 bits per heavy atom. The van der Waals surface area contributed by atoms with Crippen LogP contribution in [0.2, 0.25) is 0 Å². The molecule has 0 aliphatic heterocycles. The third-order valence-corrected chi connectivity index (χ3v) is 2.30. The molecule has 16 heavy (non-hydrogen) atoms. The van der Waals surface area contributed by atoms with Crippen molar-refractivity contribution in [2.45, 2.75) is 18.6 Å². The number of hydrogen-bond donors (Lipinski definition) is 3. The molecule has 0 saturated heterocycles. The number of hydrogen-bond acceptors (Lipinski definition) is 4. The highest BCUT2D eigenvalue weighted by atomic mass is 19.1. The fraction of sp³-hybridized carbons (Fsp3) is 0.455. The van der Waals surface area contributed by atoms with E-state index in [1.165, 1.54) is 19.2 Å². The van der Waals surface area contributed by atoms with E-state index in [1.54, 1.807) is 0 Å². The van der Waals surface area contributed by atoms with E-state index in [1.807, 2.05) is 0 Å². The molecule has 0 aliphatic rings. The van der Waals surface area contributed by atoms with Crippen molar-refractivity contribution in [3.05, 3.63) is 29.6 Å². The van der Waals surface area contributed by atoms with E-state index in [4.69, 9.17) is 9.84 Å². The maximum absolute atomic E-state index is 13.0. The molecule has 0 amide bonds.